The number of aliphatic hydroxyl groups is 1. The number of likely N-dealkylation sites (N-methyl/N-ethyl adjacent to an activating group) is 1. The Morgan fingerprint density at radius 3 is 2.53 bits per heavy atom. The second kappa shape index (κ2) is 13.2. The molecule has 0 atom stereocenters. The third-order valence-corrected chi connectivity index (χ3v) is 6.69. The van der Waals surface area contributed by atoms with Gasteiger partial charge in [0.15, 0.2) is 0 Å². The topological polar surface area (TPSA) is 48.0 Å². The van der Waals surface area contributed by atoms with Crippen molar-refractivity contribution in [2.45, 2.75) is 13.5 Å². The number of ether oxygens (including phenoxy) is 1. The molecule has 5 nitrogen and oxygen atoms in total. The van der Waals surface area contributed by atoms with Crippen LogP contribution in [0.4, 0.5) is 0 Å². The van der Waals surface area contributed by atoms with E-state index in [1.54, 1.807) is 0 Å². The Labute approximate surface area is 215 Å². The predicted octanol–water partition coefficient (Wildman–Crippen LogP) is 3.77. The second-order valence-corrected chi connectivity index (χ2v) is 9.31. The van der Waals surface area contributed by atoms with Gasteiger partial charge in [-0.3, -0.25) is 4.90 Å². The molecule has 0 bridgehead atoms. The summed E-state index contributed by atoms with van der Waals surface area (Å²) in [6.45, 7) is 9.38. The van der Waals surface area contributed by atoms with Gasteiger partial charge in [-0.25, -0.2) is 0 Å². The lowest BCUT2D eigenvalue weighted by Gasteiger charge is -2.32. The fourth-order valence-corrected chi connectivity index (χ4v) is 4.41. The Balaban J connectivity index is 1.50. The van der Waals surface area contributed by atoms with Crippen LogP contribution in [0.25, 0.3) is 11.1 Å². The molecule has 1 fully saturated rings. The largest absolute Gasteiger partial charge is 0.492 e. The van der Waals surface area contributed by atoms with E-state index >= 15 is 0 Å². The molecule has 3 aromatic rings. The third kappa shape index (κ3) is 7.19. The Morgan fingerprint density at radius 1 is 0.944 bits per heavy atom. The SMILES string of the molecule is Cc1c(C#Cc2ccc(CNCCO)c(OCCN3CCN(C)CC3)c2)cccc1-c1ccccc1. The highest BCUT2D eigenvalue weighted by atomic mass is 16.5. The van der Waals surface area contributed by atoms with E-state index in [-0.39, 0.29) is 6.61 Å². The molecule has 1 heterocycles. The molecular formula is C31H37N3O2. The lowest BCUT2D eigenvalue weighted by atomic mass is 9.96. The summed E-state index contributed by atoms with van der Waals surface area (Å²) in [5, 5.41) is 12.4. The van der Waals surface area contributed by atoms with Gasteiger partial charge in [0, 0.05) is 62.5 Å². The van der Waals surface area contributed by atoms with E-state index in [4.69, 9.17) is 9.84 Å². The van der Waals surface area contributed by atoms with Gasteiger partial charge in [0.2, 0.25) is 0 Å². The summed E-state index contributed by atoms with van der Waals surface area (Å²) in [5.74, 6) is 7.59. The van der Waals surface area contributed by atoms with Crippen molar-refractivity contribution in [1.82, 2.24) is 15.1 Å². The third-order valence-electron chi connectivity index (χ3n) is 6.69. The lowest BCUT2D eigenvalue weighted by molar-refractivity contribution is 0.133. The number of benzene rings is 3. The van der Waals surface area contributed by atoms with Gasteiger partial charge < -0.3 is 20.1 Å². The van der Waals surface area contributed by atoms with Gasteiger partial charge in [0.25, 0.3) is 0 Å². The van der Waals surface area contributed by atoms with Crippen LogP contribution in [-0.2, 0) is 6.54 Å². The van der Waals surface area contributed by atoms with Gasteiger partial charge in [-0.05, 0) is 48.9 Å². The van der Waals surface area contributed by atoms with Gasteiger partial charge in [0.05, 0.1) is 6.61 Å². The van der Waals surface area contributed by atoms with Crippen LogP contribution in [0.2, 0.25) is 0 Å². The van der Waals surface area contributed by atoms with Crippen LogP contribution in [0.1, 0.15) is 22.3 Å². The van der Waals surface area contributed by atoms with Gasteiger partial charge in [-0.2, -0.15) is 0 Å². The van der Waals surface area contributed by atoms with E-state index < -0.39 is 0 Å². The minimum absolute atomic E-state index is 0.116. The van der Waals surface area contributed by atoms with Crippen LogP contribution in [0.5, 0.6) is 5.75 Å². The highest BCUT2D eigenvalue weighted by Gasteiger charge is 2.14. The summed E-state index contributed by atoms with van der Waals surface area (Å²) >= 11 is 0. The smallest absolute Gasteiger partial charge is 0.125 e. The molecule has 0 spiro atoms. The van der Waals surface area contributed by atoms with Crippen LogP contribution in [0, 0.1) is 18.8 Å². The van der Waals surface area contributed by atoms with Crippen molar-refractivity contribution in [3.63, 3.8) is 0 Å². The minimum atomic E-state index is 0.116. The Kier molecular flexibility index (Phi) is 9.54. The fourth-order valence-electron chi connectivity index (χ4n) is 4.41. The first kappa shape index (κ1) is 25.9. The van der Waals surface area contributed by atoms with Gasteiger partial charge >= 0.3 is 0 Å². The summed E-state index contributed by atoms with van der Waals surface area (Å²) < 4.78 is 6.27. The first-order chi connectivity index (χ1) is 17.6. The molecule has 188 valence electrons. The molecule has 0 saturated carbocycles. The maximum atomic E-state index is 9.13. The maximum absolute atomic E-state index is 9.13. The van der Waals surface area contributed by atoms with Crippen molar-refractivity contribution >= 4 is 0 Å². The molecule has 1 saturated heterocycles. The zero-order valence-electron chi connectivity index (χ0n) is 21.5. The molecule has 1 aliphatic rings. The van der Waals surface area contributed by atoms with Crippen molar-refractivity contribution in [1.29, 1.82) is 0 Å². The summed E-state index contributed by atoms with van der Waals surface area (Å²) in [4.78, 5) is 4.82. The standard InChI is InChI=1S/C31H37N3O2/c1-25-27(9-6-10-30(25)28-7-4-3-5-8-28)13-11-26-12-14-29(24-32-15-21-35)31(23-26)36-22-20-34-18-16-33(2)17-19-34/h3-10,12,14,23,32,35H,15-22,24H2,1-2H3. The molecule has 36 heavy (non-hydrogen) atoms. The monoisotopic (exact) mass is 483 g/mol. The van der Waals surface area contributed by atoms with Crippen LogP contribution >= 0.6 is 0 Å². The number of rotatable bonds is 9. The summed E-state index contributed by atoms with van der Waals surface area (Å²) in [7, 11) is 2.17. The summed E-state index contributed by atoms with van der Waals surface area (Å²) in [5.41, 5.74) is 6.64. The zero-order chi connectivity index (χ0) is 25.2. The fraction of sp³-hybridized carbons (Fsp3) is 0.355. The van der Waals surface area contributed by atoms with Crippen molar-refractivity contribution in [2.75, 3.05) is 59.5 Å². The van der Waals surface area contributed by atoms with E-state index in [0.29, 0.717) is 19.7 Å². The normalized spacial score (nSPS) is 14.3. The predicted molar refractivity (Wildman–Crippen MR) is 147 cm³/mol. The van der Waals surface area contributed by atoms with E-state index in [0.717, 1.165) is 55.2 Å². The van der Waals surface area contributed by atoms with Crippen LogP contribution < -0.4 is 10.1 Å². The van der Waals surface area contributed by atoms with Crippen LogP contribution in [0.15, 0.2) is 66.7 Å². The van der Waals surface area contributed by atoms with Crippen molar-refractivity contribution < 1.29 is 9.84 Å². The van der Waals surface area contributed by atoms with Gasteiger partial charge in [-0.15, -0.1) is 0 Å². The Hall–Kier alpha value is -3.14. The summed E-state index contributed by atoms with van der Waals surface area (Å²) in [6.07, 6.45) is 0. The average molecular weight is 484 g/mol. The quantitative estimate of drug-likeness (QED) is 0.358. The number of aliphatic hydroxyl groups excluding tert-OH is 1. The number of hydrogen-bond acceptors (Lipinski definition) is 5. The molecule has 0 aromatic heterocycles. The molecule has 4 rings (SSSR count). The Morgan fingerprint density at radius 2 is 1.75 bits per heavy atom. The average Bonchev–Trinajstić information content (AvgIpc) is 2.91. The zero-order valence-corrected chi connectivity index (χ0v) is 21.5. The number of hydrogen-bond donors (Lipinski definition) is 2. The Bertz CT molecular complexity index is 1180. The van der Waals surface area contributed by atoms with Gasteiger partial charge in [0.1, 0.15) is 12.4 Å². The maximum Gasteiger partial charge on any atom is 0.125 e. The number of nitrogens with zero attached hydrogens (tertiary/aromatic N) is 2. The minimum Gasteiger partial charge on any atom is -0.492 e. The molecule has 0 amide bonds. The summed E-state index contributed by atoms with van der Waals surface area (Å²) in [6, 6.07) is 22.9. The van der Waals surface area contributed by atoms with Crippen LogP contribution in [0.3, 0.4) is 0 Å². The second-order valence-electron chi connectivity index (χ2n) is 9.31. The molecule has 1 aliphatic heterocycles. The van der Waals surface area contributed by atoms with E-state index in [1.165, 1.54) is 16.7 Å². The van der Waals surface area contributed by atoms with Crippen molar-refractivity contribution in [2.24, 2.45) is 0 Å². The molecule has 3 aromatic carbocycles. The van der Waals surface area contributed by atoms with Crippen LogP contribution in [-0.4, -0.2) is 74.4 Å². The molecular weight excluding hydrogens is 446 g/mol. The van der Waals surface area contributed by atoms with E-state index in [9.17, 15) is 0 Å². The number of nitrogens with one attached hydrogen (secondary N) is 1. The number of piperazine rings is 1. The van der Waals surface area contributed by atoms with Crippen molar-refractivity contribution in [3.05, 3.63) is 89.0 Å². The van der Waals surface area contributed by atoms with Gasteiger partial charge in [-0.1, -0.05) is 60.4 Å². The first-order valence-corrected chi connectivity index (χ1v) is 12.8. The first-order valence-electron chi connectivity index (χ1n) is 12.8. The molecule has 0 aliphatic carbocycles. The highest BCUT2D eigenvalue weighted by molar-refractivity contribution is 5.70. The molecule has 5 heteroatoms. The molecule has 0 unspecified atom stereocenters. The molecule has 2 N–H and O–H groups in total. The van der Waals surface area contributed by atoms with E-state index in [2.05, 4.69) is 89.5 Å². The lowest BCUT2D eigenvalue weighted by Crippen LogP contribution is -2.45. The van der Waals surface area contributed by atoms with E-state index in [1.807, 2.05) is 18.2 Å². The highest BCUT2D eigenvalue weighted by Crippen LogP contribution is 2.25. The molecule has 0 radical (unpaired) electrons. The van der Waals surface area contributed by atoms with Crippen molar-refractivity contribution in [3.8, 4) is 28.7 Å².